The molecule has 17 heavy (non-hydrogen) atoms. The highest BCUT2D eigenvalue weighted by atomic mass is 32.2. The van der Waals surface area contributed by atoms with Gasteiger partial charge in [-0.3, -0.25) is 0 Å². The van der Waals surface area contributed by atoms with Gasteiger partial charge in [0.05, 0.1) is 12.0 Å². The summed E-state index contributed by atoms with van der Waals surface area (Å²) in [6.07, 6.45) is 1.69. The molecule has 92 valence electrons. The Bertz CT molecular complexity index is 453. The largest absolute Gasteiger partial charge is 0.468 e. The Hall–Kier alpha value is -1.63. The van der Waals surface area contributed by atoms with Crippen molar-refractivity contribution in [3.05, 3.63) is 24.2 Å². The van der Waals surface area contributed by atoms with Crippen molar-refractivity contribution < 1.29 is 4.42 Å². The summed E-state index contributed by atoms with van der Waals surface area (Å²) >= 11 is 1.80. The average Bonchev–Trinajstić information content (AvgIpc) is 2.89. The first-order chi connectivity index (χ1) is 8.25. The summed E-state index contributed by atoms with van der Waals surface area (Å²) in [4.78, 5) is 4.05. The number of nitrogens with two attached hydrogens (primary N) is 1. The summed E-state index contributed by atoms with van der Waals surface area (Å²) < 4.78 is 6.87. The lowest BCUT2D eigenvalue weighted by molar-refractivity contribution is 0.530. The number of furan rings is 1. The van der Waals surface area contributed by atoms with E-state index in [9.17, 15) is 0 Å². The Balaban J connectivity index is 1.65. The Morgan fingerprint density at radius 3 is 3.12 bits per heavy atom. The van der Waals surface area contributed by atoms with E-state index in [0.29, 0.717) is 11.9 Å². The number of nitrogens with zero attached hydrogens (tertiary/aromatic N) is 3. The van der Waals surface area contributed by atoms with Gasteiger partial charge in [0.25, 0.3) is 0 Å². The van der Waals surface area contributed by atoms with E-state index in [0.717, 1.165) is 23.8 Å². The molecule has 0 spiro atoms. The van der Waals surface area contributed by atoms with Crippen molar-refractivity contribution in [2.24, 2.45) is 7.05 Å². The van der Waals surface area contributed by atoms with Crippen molar-refractivity contribution in [2.45, 2.75) is 5.75 Å². The highest BCUT2D eigenvalue weighted by Gasteiger charge is 2.02. The number of thioether (sulfide) groups is 1. The fraction of sp³-hybridized carbons (Fsp3) is 0.400. The normalized spacial score (nSPS) is 10.6. The molecule has 0 aliphatic carbocycles. The van der Waals surface area contributed by atoms with Crippen molar-refractivity contribution in [3.63, 3.8) is 0 Å². The van der Waals surface area contributed by atoms with Crippen LogP contribution in [0.25, 0.3) is 0 Å². The maximum atomic E-state index is 5.47. The van der Waals surface area contributed by atoms with Crippen LogP contribution in [-0.4, -0.2) is 27.1 Å². The van der Waals surface area contributed by atoms with Crippen LogP contribution < -0.4 is 11.1 Å². The zero-order valence-corrected chi connectivity index (χ0v) is 10.4. The number of hydrogen-bond acceptors (Lipinski definition) is 6. The third-order valence-electron chi connectivity index (χ3n) is 2.13. The van der Waals surface area contributed by atoms with E-state index < -0.39 is 0 Å². The predicted molar refractivity (Wildman–Crippen MR) is 68.8 cm³/mol. The minimum atomic E-state index is 0.290. The van der Waals surface area contributed by atoms with E-state index in [4.69, 9.17) is 10.2 Å². The lowest BCUT2D eigenvalue weighted by Crippen LogP contribution is -2.09. The van der Waals surface area contributed by atoms with Crippen molar-refractivity contribution in [1.29, 1.82) is 0 Å². The molecule has 2 aromatic heterocycles. The molecule has 0 unspecified atom stereocenters. The molecule has 0 aliphatic heterocycles. The van der Waals surface area contributed by atoms with E-state index in [2.05, 4.69) is 15.4 Å². The van der Waals surface area contributed by atoms with Crippen LogP contribution in [0, 0.1) is 0 Å². The molecule has 0 fully saturated rings. The zero-order chi connectivity index (χ0) is 12.1. The molecule has 3 N–H and O–H groups in total. The van der Waals surface area contributed by atoms with Crippen LogP contribution in [0.2, 0.25) is 0 Å². The number of aromatic nitrogens is 3. The van der Waals surface area contributed by atoms with Crippen LogP contribution in [-0.2, 0) is 12.8 Å². The molecule has 0 bridgehead atoms. The van der Waals surface area contributed by atoms with Gasteiger partial charge in [0.2, 0.25) is 11.9 Å². The van der Waals surface area contributed by atoms with Gasteiger partial charge < -0.3 is 15.5 Å². The lowest BCUT2D eigenvalue weighted by Gasteiger charge is -2.03. The molecule has 0 aromatic carbocycles. The van der Waals surface area contributed by atoms with Gasteiger partial charge in [0.15, 0.2) is 0 Å². The number of anilines is 2. The molecule has 0 amide bonds. The molecule has 0 saturated heterocycles. The molecule has 2 aromatic rings. The second kappa shape index (κ2) is 5.62. The molecule has 0 aliphatic rings. The lowest BCUT2D eigenvalue weighted by atomic mass is 10.5. The van der Waals surface area contributed by atoms with Gasteiger partial charge in [-0.1, -0.05) is 0 Å². The Morgan fingerprint density at radius 2 is 2.47 bits per heavy atom. The monoisotopic (exact) mass is 253 g/mol. The average molecular weight is 253 g/mol. The summed E-state index contributed by atoms with van der Waals surface area (Å²) in [7, 11) is 1.81. The SMILES string of the molecule is Cn1nc(N)nc1NCCSCc1ccco1. The first kappa shape index (κ1) is 11.8. The van der Waals surface area contributed by atoms with Crippen LogP contribution in [0.3, 0.4) is 0 Å². The maximum absolute atomic E-state index is 5.47. The number of nitrogen functional groups attached to an aromatic ring is 1. The summed E-state index contributed by atoms with van der Waals surface area (Å²) in [5, 5.41) is 7.12. The first-order valence-electron chi connectivity index (χ1n) is 5.26. The summed E-state index contributed by atoms with van der Waals surface area (Å²) in [5.74, 6) is 3.83. The van der Waals surface area contributed by atoms with Crippen LogP contribution in [0.5, 0.6) is 0 Å². The van der Waals surface area contributed by atoms with Crippen LogP contribution in [0.4, 0.5) is 11.9 Å². The fourth-order valence-electron chi connectivity index (χ4n) is 1.36. The van der Waals surface area contributed by atoms with Gasteiger partial charge in [-0.25, -0.2) is 4.68 Å². The molecule has 2 heterocycles. The highest BCUT2D eigenvalue weighted by Crippen LogP contribution is 2.12. The van der Waals surface area contributed by atoms with Crippen LogP contribution >= 0.6 is 11.8 Å². The minimum Gasteiger partial charge on any atom is -0.468 e. The Labute approximate surface area is 104 Å². The van der Waals surface area contributed by atoms with E-state index >= 15 is 0 Å². The Kier molecular flexibility index (Phi) is 3.92. The van der Waals surface area contributed by atoms with Gasteiger partial charge in [0, 0.05) is 19.3 Å². The number of aryl methyl sites for hydroxylation is 1. The van der Waals surface area contributed by atoms with Crippen molar-refractivity contribution in [3.8, 4) is 0 Å². The molecule has 7 heteroatoms. The second-order valence-electron chi connectivity index (χ2n) is 3.48. The summed E-state index contributed by atoms with van der Waals surface area (Å²) in [5.41, 5.74) is 5.47. The number of rotatable bonds is 6. The van der Waals surface area contributed by atoms with Crippen molar-refractivity contribution >= 4 is 23.7 Å². The Morgan fingerprint density at radius 1 is 1.59 bits per heavy atom. The van der Waals surface area contributed by atoms with Gasteiger partial charge in [-0.2, -0.15) is 16.7 Å². The zero-order valence-electron chi connectivity index (χ0n) is 9.59. The second-order valence-corrected chi connectivity index (χ2v) is 4.58. The van der Waals surface area contributed by atoms with Gasteiger partial charge in [0.1, 0.15) is 5.76 Å². The molecule has 0 radical (unpaired) electrons. The van der Waals surface area contributed by atoms with E-state index in [-0.39, 0.29) is 0 Å². The van der Waals surface area contributed by atoms with E-state index in [1.807, 2.05) is 19.2 Å². The molecular formula is C10H15N5OS. The quantitative estimate of drug-likeness (QED) is 0.756. The minimum absolute atomic E-state index is 0.290. The maximum Gasteiger partial charge on any atom is 0.241 e. The predicted octanol–water partition coefficient (Wildman–Crippen LogP) is 1.34. The number of hydrogen-bond donors (Lipinski definition) is 2. The van der Waals surface area contributed by atoms with Crippen LogP contribution in [0.1, 0.15) is 5.76 Å². The van der Waals surface area contributed by atoms with E-state index in [1.165, 1.54) is 0 Å². The topological polar surface area (TPSA) is 81.9 Å². The smallest absolute Gasteiger partial charge is 0.241 e. The van der Waals surface area contributed by atoms with Crippen molar-refractivity contribution in [1.82, 2.24) is 14.8 Å². The first-order valence-corrected chi connectivity index (χ1v) is 6.41. The van der Waals surface area contributed by atoms with Gasteiger partial charge in [-0.15, -0.1) is 5.10 Å². The van der Waals surface area contributed by atoms with Gasteiger partial charge >= 0.3 is 0 Å². The van der Waals surface area contributed by atoms with Crippen LogP contribution in [0.15, 0.2) is 22.8 Å². The van der Waals surface area contributed by atoms with E-state index in [1.54, 1.807) is 22.7 Å². The summed E-state index contributed by atoms with van der Waals surface area (Å²) in [6, 6.07) is 3.88. The molecule has 6 nitrogen and oxygen atoms in total. The molecular weight excluding hydrogens is 238 g/mol. The molecule has 0 saturated carbocycles. The third-order valence-corrected chi connectivity index (χ3v) is 3.11. The third kappa shape index (κ3) is 3.42. The van der Waals surface area contributed by atoms with Gasteiger partial charge in [-0.05, 0) is 12.1 Å². The fourth-order valence-corrected chi connectivity index (χ4v) is 2.12. The standard InChI is InChI=1S/C10H15N5OS/c1-15-10(13-9(11)14-15)12-4-6-17-7-8-3-2-5-16-8/h2-3,5H,4,6-7H2,1H3,(H3,11,12,13,14). The summed E-state index contributed by atoms with van der Waals surface area (Å²) in [6.45, 7) is 0.817. The number of nitrogens with one attached hydrogen (secondary N) is 1. The highest BCUT2D eigenvalue weighted by molar-refractivity contribution is 7.98. The molecule has 0 atom stereocenters. The molecule has 2 rings (SSSR count). The van der Waals surface area contributed by atoms with Crippen molar-refractivity contribution in [2.75, 3.05) is 23.3 Å².